The smallest absolute Gasteiger partial charge is 0.220 e. The summed E-state index contributed by atoms with van der Waals surface area (Å²) in [4.78, 5) is 15.5. The average molecular weight is 594 g/mol. The molecule has 0 aliphatic rings. The lowest BCUT2D eigenvalue weighted by Crippen LogP contribution is -2.29. The fraction of sp³-hybridized carbons (Fsp3) is 0.947. The summed E-state index contributed by atoms with van der Waals surface area (Å²) in [6.45, 7) is 12.5. The first-order valence-corrected chi connectivity index (χ1v) is 18.9. The van der Waals surface area contributed by atoms with Crippen LogP contribution < -0.4 is 10.4 Å². The van der Waals surface area contributed by atoms with E-state index in [2.05, 4.69) is 24.2 Å². The second-order valence-electron chi connectivity index (χ2n) is 13.3. The van der Waals surface area contributed by atoms with Gasteiger partial charge in [0.15, 0.2) is 0 Å². The second kappa shape index (κ2) is 36.1. The van der Waals surface area contributed by atoms with Crippen LogP contribution in [0.4, 0.5) is 0 Å². The van der Waals surface area contributed by atoms with Crippen LogP contribution in [0.5, 0.6) is 0 Å². The lowest BCUT2D eigenvalue weighted by atomic mass is 10.0. The zero-order valence-corrected chi connectivity index (χ0v) is 29.7. The van der Waals surface area contributed by atoms with E-state index in [1.54, 1.807) is 0 Å². The van der Waals surface area contributed by atoms with Gasteiger partial charge in [0.1, 0.15) is 0 Å². The number of carbonyl (C=O) groups excluding carboxylic acids is 1. The summed E-state index contributed by atoms with van der Waals surface area (Å²) in [7, 11) is 0. The van der Waals surface area contributed by atoms with Crippen LogP contribution in [0, 0.1) is 0 Å². The molecular formula is C38H77N2O2-. The summed E-state index contributed by atoms with van der Waals surface area (Å²) in [5.41, 5.74) is 0. The van der Waals surface area contributed by atoms with Crippen LogP contribution >= 0.6 is 0 Å². The molecule has 1 N–H and O–H groups in total. The molecular weight excluding hydrogens is 516 g/mol. The van der Waals surface area contributed by atoms with Gasteiger partial charge in [0.05, 0.1) is 0 Å². The van der Waals surface area contributed by atoms with Gasteiger partial charge in [-0.05, 0) is 52.9 Å². The van der Waals surface area contributed by atoms with Crippen LogP contribution in [0.25, 0.3) is 0 Å². The number of carbonyl (C=O) groups is 1. The molecule has 0 spiro atoms. The van der Waals surface area contributed by atoms with Crippen molar-refractivity contribution in [2.45, 2.75) is 233 Å². The van der Waals surface area contributed by atoms with Gasteiger partial charge < -0.3 is 15.4 Å². The van der Waals surface area contributed by atoms with E-state index in [1.807, 2.05) is 27.7 Å². The van der Waals surface area contributed by atoms with Crippen LogP contribution in [0.2, 0.25) is 0 Å². The van der Waals surface area contributed by atoms with E-state index in [0.29, 0.717) is 12.8 Å². The molecule has 0 bridgehead atoms. The van der Waals surface area contributed by atoms with Gasteiger partial charge >= 0.3 is 0 Å². The fourth-order valence-electron chi connectivity index (χ4n) is 5.34. The maximum absolute atomic E-state index is 11.4. The van der Waals surface area contributed by atoms with Crippen molar-refractivity contribution in [1.82, 2.24) is 5.32 Å². The standard InChI is InChI=1S/2C19H39NO/c2*1-4-5-6-7-8-9-10-11-12-13-14-15-16-17-19(21)20-18(2)3/h2*18H,4-17H2,1-3H3,(H,20,21)/p-1. The molecule has 4 heteroatoms. The maximum atomic E-state index is 11.4. The Hall–Kier alpha value is -1.06. The molecule has 0 aromatic heterocycles. The number of nitrogens with one attached hydrogen (secondary N) is 1. The Morgan fingerprint density at radius 2 is 0.786 bits per heavy atom. The molecule has 0 fully saturated rings. The van der Waals surface area contributed by atoms with Crippen molar-refractivity contribution in [3.63, 3.8) is 0 Å². The fourth-order valence-corrected chi connectivity index (χ4v) is 5.34. The molecule has 0 saturated heterocycles. The third-order valence-corrected chi connectivity index (χ3v) is 7.85. The summed E-state index contributed by atoms with van der Waals surface area (Å²) >= 11 is 0. The zero-order valence-electron chi connectivity index (χ0n) is 29.7. The van der Waals surface area contributed by atoms with E-state index < -0.39 is 0 Å². The minimum Gasteiger partial charge on any atom is -0.862 e. The number of nitrogens with zero attached hydrogens (tertiary/aromatic N) is 1. The Labute approximate surface area is 265 Å². The molecule has 252 valence electrons. The first kappa shape index (κ1) is 43.1. The van der Waals surface area contributed by atoms with E-state index in [9.17, 15) is 9.90 Å². The van der Waals surface area contributed by atoms with Crippen molar-refractivity contribution in [2.75, 3.05) is 0 Å². The minimum absolute atomic E-state index is 0.0908. The number of unbranched alkanes of at least 4 members (excludes halogenated alkanes) is 24. The van der Waals surface area contributed by atoms with E-state index in [-0.39, 0.29) is 23.9 Å². The molecule has 0 heterocycles. The molecule has 0 aliphatic carbocycles. The van der Waals surface area contributed by atoms with Gasteiger partial charge in [0.2, 0.25) is 5.91 Å². The third-order valence-electron chi connectivity index (χ3n) is 7.85. The van der Waals surface area contributed by atoms with Crippen molar-refractivity contribution < 1.29 is 9.90 Å². The van der Waals surface area contributed by atoms with Crippen molar-refractivity contribution >= 4 is 11.8 Å². The average Bonchev–Trinajstić information content (AvgIpc) is 2.93. The molecule has 0 atom stereocenters. The van der Waals surface area contributed by atoms with Crippen molar-refractivity contribution in [1.29, 1.82) is 0 Å². The highest BCUT2D eigenvalue weighted by molar-refractivity contribution is 5.76. The minimum atomic E-state index is 0.0908. The number of hydrogen-bond donors (Lipinski definition) is 1. The zero-order chi connectivity index (χ0) is 31.5. The summed E-state index contributed by atoms with van der Waals surface area (Å²) in [6.07, 6.45) is 36.5. The van der Waals surface area contributed by atoms with Crippen molar-refractivity contribution in [2.24, 2.45) is 4.99 Å². The van der Waals surface area contributed by atoms with E-state index in [4.69, 9.17) is 0 Å². The summed E-state index contributed by atoms with van der Waals surface area (Å²) in [5, 5.41) is 14.3. The highest BCUT2D eigenvalue weighted by Crippen LogP contribution is 2.14. The Kier molecular flexibility index (Phi) is 37.1. The van der Waals surface area contributed by atoms with Crippen LogP contribution in [-0.4, -0.2) is 23.9 Å². The molecule has 0 saturated carbocycles. The lowest BCUT2D eigenvalue weighted by Gasteiger charge is -2.11. The molecule has 1 amide bonds. The first-order valence-electron chi connectivity index (χ1n) is 18.9. The molecule has 0 radical (unpaired) electrons. The topological polar surface area (TPSA) is 64.5 Å². The van der Waals surface area contributed by atoms with Crippen molar-refractivity contribution in [3.8, 4) is 0 Å². The highest BCUT2D eigenvalue weighted by atomic mass is 16.3. The SMILES string of the molecule is CCCCCCCCCCCCCCCC(=O)NC(C)C.CCCCCCCCCCCCCCCC([O-])=NC(C)C. The molecule has 42 heavy (non-hydrogen) atoms. The lowest BCUT2D eigenvalue weighted by molar-refractivity contribution is -0.219. The van der Waals surface area contributed by atoms with E-state index >= 15 is 0 Å². The Morgan fingerprint density at radius 3 is 1.07 bits per heavy atom. The Bertz CT molecular complexity index is 559. The van der Waals surface area contributed by atoms with Crippen LogP contribution in [-0.2, 0) is 4.79 Å². The van der Waals surface area contributed by atoms with Crippen molar-refractivity contribution in [3.05, 3.63) is 0 Å². The van der Waals surface area contributed by atoms with Crippen LogP contribution in [0.3, 0.4) is 0 Å². The number of aliphatic imine (C=N–C) groups is 1. The van der Waals surface area contributed by atoms with Gasteiger partial charge in [-0.2, -0.15) is 0 Å². The number of hydrogen-bond acceptors (Lipinski definition) is 3. The molecule has 0 aliphatic heterocycles. The number of amides is 1. The van der Waals surface area contributed by atoms with Gasteiger partial charge in [-0.3, -0.25) is 4.79 Å². The molecule has 0 aromatic carbocycles. The van der Waals surface area contributed by atoms with Crippen LogP contribution in [0.15, 0.2) is 4.99 Å². The first-order chi connectivity index (χ1) is 20.3. The summed E-state index contributed by atoms with van der Waals surface area (Å²) in [6, 6.07) is 0.430. The predicted molar refractivity (Wildman–Crippen MR) is 186 cm³/mol. The molecule has 0 aromatic rings. The third kappa shape index (κ3) is 41.1. The van der Waals surface area contributed by atoms with Gasteiger partial charge in [-0.15, -0.1) is 0 Å². The van der Waals surface area contributed by atoms with Gasteiger partial charge in [-0.1, -0.05) is 168 Å². The monoisotopic (exact) mass is 594 g/mol. The Balaban J connectivity index is 0. The van der Waals surface area contributed by atoms with E-state index in [1.165, 1.54) is 154 Å². The molecule has 4 nitrogen and oxygen atoms in total. The quantitative estimate of drug-likeness (QED) is 0.0511. The van der Waals surface area contributed by atoms with Gasteiger partial charge in [0.25, 0.3) is 0 Å². The number of rotatable bonds is 30. The normalized spacial score (nSPS) is 11.7. The van der Waals surface area contributed by atoms with Crippen LogP contribution in [0.1, 0.15) is 221 Å². The predicted octanol–water partition coefficient (Wildman–Crippen LogP) is 11.6. The summed E-state index contributed by atoms with van der Waals surface area (Å²) in [5.74, 6) is 0.307. The highest BCUT2D eigenvalue weighted by Gasteiger charge is 2.02. The second-order valence-corrected chi connectivity index (χ2v) is 13.3. The van der Waals surface area contributed by atoms with Gasteiger partial charge in [0, 0.05) is 18.5 Å². The summed E-state index contributed by atoms with van der Waals surface area (Å²) < 4.78 is 0. The van der Waals surface area contributed by atoms with E-state index in [0.717, 1.165) is 12.8 Å². The molecule has 0 rings (SSSR count). The Morgan fingerprint density at radius 1 is 0.500 bits per heavy atom. The largest absolute Gasteiger partial charge is 0.862 e. The molecule has 0 unspecified atom stereocenters. The van der Waals surface area contributed by atoms with Gasteiger partial charge in [-0.25, -0.2) is 0 Å². The maximum Gasteiger partial charge on any atom is 0.220 e.